The molecule has 2 amide bonds. The third kappa shape index (κ3) is 5.44. The first-order valence-electron chi connectivity index (χ1n) is 8.91. The Morgan fingerprint density at radius 3 is 2.36 bits per heavy atom. The molecule has 1 aliphatic heterocycles. The van der Waals surface area contributed by atoms with Gasteiger partial charge < -0.3 is 14.7 Å². The molecule has 1 fully saturated rings. The number of piperazine rings is 1. The van der Waals surface area contributed by atoms with Crippen LogP contribution in [0.15, 0.2) is 24.3 Å². The topological polar surface area (TPSA) is 43.9 Å². The minimum absolute atomic E-state index is 0.00544. The second-order valence-electron chi connectivity index (χ2n) is 6.93. The van der Waals surface area contributed by atoms with Crippen molar-refractivity contribution in [1.29, 1.82) is 0 Å². The van der Waals surface area contributed by atoms with Gasteiger partial charge in [0.25, 0.3) is 0 Å². The molecule has 0 aromatic heterocycles. The summed E-state index contributed by atoms with van der Waals surface area (Å²) in [7, 11) is 0. The zero-order valence-corrected chi connectivity index (χ0v) is 15.4. The van der Waals surface area contributed by atoms with Crippen LogP contribution in [0.4, 0.5) is 10.1 Å². The summed E-state index contributed by atoms with van der Waals surface area (Å²) in [5.74, 6) is 0.213. The Kier molecular flexibility index (Phi) is 6.79. The molecule has 1 heterocycles. The summed E-state index contributed by atoms with van der Waals surface area (Å²) in [4.78, 5) is 29.6. The van der Waals surface area contributed by atoms with Crippen molar-refractivity contribution >= 4 is 17.5 Å². The Morgan fingerprint density at radius 1 is 1.16 bits per heavy atom. The summed E-state index contributed by atoms with van der Waals surface area (Å²) >= 11 is 0. The Labute approximate surface area is 149 Å². The molecule has 0 aliphatic carbocycles. The van der Waals surface area contributed by atoms with Gasteiger partial charge in [-0.3, -0.25) is 9.59 Å². The lowest BCUT2D eigenvalue weighted by Crippen LogP contribution is -2.49. The lowest BCUT2D eigenvalue weighted by molar-refractivity contribution is -0.133. The highest BCUT2D eigenvalue weighted by Crippen LogP contribution is 2.20. The van der Waals surface area contributed by atoms with Crippen molar-refractivity contribution in [2.75, 3.05) is 44.2 Å². The molecule has 0 spiro atoms. The molecule has 2 rings (SSSR count). The minimum Gasteiger partial charge on any atom is -0.366 e. The third-order valence-corrected chi connectivity index (χ3v) is 4.45. The summed E-state index contributed by atoms with van der Waals surface area (Å²) in [6.45, 7) is 9.18. The fraction of sp³-hybridized carbons (Fsp3) is 0.579. The SMILES string of the molecule is CC(=O)N(CCC(=O)N1CCN(c2ccccc2F)CC1)CC(C)C. The van der Waals surface area contributed by atoms with E-state index in [0.717, 1.165) is 0 Å². The second-order valence-corrected chi connectivity index (χ2v) is 6.93. The first-order chi connectivity index (χ1) is 11.9. The van der Waals surface area contributed by atoms with Gasteiger partial charge in [0.15, 0.2) is 0 Å². The molecule has 0 N–H and O–H groups in total. The van der Waals surface area contributed by atoms with Gasteiger partial charge in [-0.1, -0.05) is 26.0 Å². The highest BCUT2D eigenvalue weighted by molar-refractivity contribution is 5.78. The molecule has 1 aromatic carbocycles. The quantitative estimate of drug-likeness (QED) is 0.792. The molecule has 138 valence electrons. The minimum atomic E-state index is -0.229. The standard InChI is InChI=1S/C19H28FN3O2/c1-15(2)14-23(16(3)24)9-8-19(25)22-12-10-21(11-13-22)18-7-5-4-6-17(18)20/h4-7,15H,8-14H2,1-3H3. The predicted molar refractivity (Wildman–Crippen MR) is 96.9 cm³/mol. The Hall–Kier alpha value is -2.11. The highest BCUT2D eigenvalue weighted by Gasteiger charge is 2.23. The van der Waals surface area contributed by atoms with Crippen LogP contribution in [-0.2, 0) is 9.59 Å². The van der Waals surface area contributed by atoms with Gasteiger partial charge in [-0.25, -0.2) is 4.39 Å². The van der Waals surface area contributed by atoms with Crippen molar-refractivity contribution in [3.05, 3.63) is 30.1 Å². The fourth-order valence-electron chi connectivity index (χ4n) is 3.11. The number of halogens is 1. The molecule has 25 heavy (non-hydrogen) atoms. The van der Waals surface area contributed by atoms with Crippen LogP contribution in [-0.4, -0.2) is 60.9 Å². The van der Waals surface area contributed by atoms with E-state index in [1.165, 1.54) is 6.07 Å². The van der Waals surface area contributed by atoms with Crippen molar-refractivity contribution in [1.82, 2.24) is 9.80 Å². The summed E-state index contributed by atoms with van der Waals surface area (Å²) < 4.78 is 13.9. The number of amides is 2. The summed E-state index contributed by atoms with van der Waals surface area (Å²) in [5, 5.41) is 0. The molecule has 6 heteroatoms. The van der Waals surface area contributed by atoms with Gasteiger partial charge in [-0.15, -0.1) is 0 Å². The van der Waals surface area contributed by atoms with Crippen LogP contribution in [0.1, 0.15) is 27.2 Å². The van der Waals surface area contributed by atoms with Gasteiger partial charge in [-0.05, 0) is 18.1 Å². The van der Waals surface area contributed by atoms with Gasteiger partial charge in [0, 0.05) is 52.6 Å². The van der Waals surface area contributed by atoms with E-state index in [-0.39, 0.29) is 17.6 Å². The number of benzene rings is 1. The molecule has 0 atom stereocenters. The maximum absolute atomic E-state index is 13.9. The van der Waals surface area contributed by atoms with Crippen LogP contribution >= 0.6 is 0 Å². The van der Waals surface area contributed by atoms with E-state index in [1.807, 2.05) is 15.9 Å². The van der Waals surface area contributed by atoms with E-state index in [1.54, 1.807) is 24.0 Å². The van der Waals surface area contributed by atoms with E-state index >= 15 is 0 Å². The van der Waals surface area contributed by atoms with E-state index in [2.05, 4.69) is 13.8 Å². The molecule has 5 nitrogen and oxygen atoms in total. The third-order valence-electron chi connectivity index (χ3n) is 4.45. The van der Waals surface area contributed by atoms with E-state index in [0.29, 0.717) is 57.3 Å². The normalized spacial score (nSPS) is 14.8. The Morgan fingerprint density at radius 2 is 1.80 bits per heavy atom. The monoisotopic (exact) mass is 349 g/mol. The summed E-state index contributed by atoms with van der Waals surface area (Å²) in [6, 6.07) is 6.72. The lowest BCUT2D eigenvalue weighted by atomic mass is 10.2. The molecule has 1 aromatic rings. The number of anilines is 1. The maximum atomic E-state index is 13.9. The Balaban J connectivity index is 1.83. The van der Waals surface area contributed by atoms with E-state index in [4.69, 9.17) is 0 Å². The number of carbonyl (C=O) groups excluding carboxylic acids is 2. The molecule has 1 aliphatic rings. The molecule has 0 radical (unpaired) electrons. The van der Waals surface area contributed by atoms with E-state index in [9.17, 15) is 14.0 Å². The van der Waals surface area contributed by atoms with Crippen LogP contribution < -0.4 is 4.90 Å². The average molecular weight is 349 g/mol. The number of rotatable bonds is 6. The van der Waals surface area contributed by atoms with Crippen molar-refractivity contribution in [2.24, 2.45) is 5.92 Å². The molecule has 1 saturated heterocycles. The van der Waals surface area contributed by atoms with Crippen molar-refractivity contribution < 1.29 is 14.0 Å². The number of para-hydroxylation sites is 1. The largest absolute Gasteiger partial charge is 0.366 e. The van der Waals surface area contributed by atoms with Gasteiger partial charge in [-0.2, -0.15) is 0 Å². The molecule has 0 unspecified atom stereocenters. The van der Waals surface area contributed by atoms with Gasteiger partial charge in [0.2, 0.25) is 11.8 Å². The van der Waals surface area contributed by atoms with Crippen LogP contribution in [0.3, 0.4) is 0 Å². The maximum Gasteiger partial charge on any atom is 0.224 e. The molecular formula is C19H28FN3O2. The van der Waals surface area contributed by atoms with Crippen LogP contribution in [0.2, 0.25) is 0 Å². The van der Waals surface area contributed by atoms with Crippen LogP contribution in [0, 0.1) is 11.7 Å². The zero-order valence-electron chi connectivity index (χ0n) is 15.4. The number of hydrogen-bond donors (Lipinski definition) is 0. The predicted octanol–water partition coefficient (Wildman–Crippen LogP) is 2.37. The van der Waals surface area contributed by atoms with Crippen molar-refractivity contribution in [2.45, 2.75) is 27.2 Å². The molecular weight excluding hydrogens is 321 g/mol. The summed E-state index contributed by atoms with van der Waals surface area (Å²) in [6.07, 6.45) is 0.339. The first kappa shape index (κ1) is 19.2. The number of nitrogens with zero attached hydrogens (tertiary/aromatic N) is 3. The molecule has 0 saturated carbocycles. The van der Waals surface area contributed by atoms with Gasteiger partial charge in [0.05, 0.1) is 5.69 Å². The first-order valence-corrected chi connectivity index (χ1v) is 8.91. The van der Waals surface area contributed by atoms with Gasteiger partial charge >= 0.3 is 0 Å². The van der Waals surface area contributed by atoms with Crippen molar-refractivity contribution in [3.8, 4) is 0 Å². The van der Waals surface area contributed by atoms with Crippen LogP contribution in [0.25, 0.3) is 0 Å². The Bertz CT molecular complexity index is 598. The zero-order chi connectivity index (χ0) is 18.4. The fourth-order valence-corrected chi connectivity index (χ4v) is 3.11. The second kappa shape index (κ2) is 8.83. The lowest BCUT2D eigenvalue weighted by Gasteiger charge is -2.36. The summed E-state index contributed by atoms with van der Waals surface area (Å²) in [5.41, 5.74) is 0.592. The smallest absolute Gasteiger partial charge is 0.224 e. The van der Waals surface area contributed by atoms with Gasteiger partial charge in [0.1, 0.15) is 5.82 Å². The number of carbonyl (C=O) groups is 2. The van der Waals surface area contributed by atoms with Crippen LogP contribution in [0.5, 0.6) is 0 Å². The molecule has 0 bridgehead atoms. The van der Waals surface area contributed by atoms with E-state index < -0.39 is 0 Å². The highest BCUT2D eigenvalue weighted by atomic mass is 19.1. The average Bonchev–Trinajstić information content (AvgIpc) is 2.58. The van der Waals surface area contributed by atoms with Crippen molar-refractivity contribution in [3.63, 3.8) is 0 Å². The number of hydrogen-bond acceptors (Lipinski definition) is 3.